The summed E-state index contributed by atoms with van der Waals surface area (Å²) in [6.07, 6.45) is 0. The van der Waals surface area contributed by atoms with Gasteiger partial charge in [-0.15, -0.1) is 5.10 Å². The normalized spacial score (nSPS) is 11.2. The van der Waals surface area contributed by atoms with Crippen LogP contribution in [-0.2, 0) is 6.54 Å². The Bertz CT molecular complexity index is 555. The molecule has 0 saturated carbocycles. The van der Waals surface area contributed by atoms with E-state index < -0.39 is 0 Å². The van der Waals surface area contributed by atoms with Gasteiger partial charge < -0.3 is 5.73 Å². The molecule has 0 aliphatic carbocycles. The lowest BCUT2D eigenvalue weighted by Crippen LogP contribution is -2.09. The average molecular weight is 244 g/mol. The molecule has 0 atom stereocenters. The minimum atomic E-state index is 0.324. The summed E-state index contributed by atoms with van der Waals surface area (Å²) in [6, 6.07) is 6.45. The zero-order valence-electron chi connectivity index (χ0n) is 11.4. The fraction of sp³-hybridized carbons (Fsp3) is 0.429. The molecule has 0 bridgehead atoms. The van der Waals surface area contributed by atoms with Gasteiger partial charge in [-0.1, -0.05) is 42.8 Å². The van der Waals surface area contributed by atoms with Gasteiger partial charge in [-0.3, -0.25) is 0 Å². The molecule has 2 aromatic rings. The van der Waals surface area contributed by atoms with E-state index in [9.17, 15) is 0 Å². The van der Waals surface area contributed by atoms with E-state index in [0.29, 0.717) is 11.7 Å². The van der Waals surface area contributed by atoms with Gasteiger partial charge in [0.05, 0.1) is 12.2 Å². The molecular formula is C14H20N4. The van der Waals surface area contributed by atoms with Crippen molar-refractivity contribution in [1.82, 2.24) is 15.0 Å². The highest BCUT2D eigenvalue weighted by Crippen LogP contribution is 2.21. The summed E-state index contributed by atoms with van der Waals surface area (Å²) in [6.45, 7) is 9.15. The fourth-order valence-corrected chi connectivity index (χ4v) is 2.18. The molecule has 18 heavy (non-hydrogen) atoms. The second kappa shape index (κ2) is 4.80. The number of benzene rings is 1. The Morgan fingerprint density at radius 3 is 2.67 bits per heavy atom. The Balaban J connectivity index is 2.37. The van der Waals surface area contributed by atoms with E-state index in [4.69, 9.17) is 5.73 Å². The number of anilines is 1. The lowest BCUT2D eigenvalue weighted by atomic mass is 10.1. The molecule has 2 N–H and O–H groups in total. The molecule has 4 heteroatoms. The van der Waals surface area contributed by atoms with E-state index in [1.807, 2.05) is 4.68 Å². The van der Waals surface area contributed by atoms with Gasteiger partial charge in [-0.25, -0.2) is 4.68 Å². The fourth-order valence-electron chi connectivity index (χ4n) is 2.18. The minimum Gasteiger partial charge on any atom is -0.381 e. The number of hydrogen-bond donors (Lipinski definition) is 1. The Kier molecular flexibility index (Phi) is 3.36. The van der Waals surface area contributed by atoms with Gasteiger partial charge >= 0.3 is 0 Å². The summed E-state index contributed by atoms with van der Waals surface area (Å²) < 4.78 is 1.90. The van der Waals surface area contributed by atoms with Gasteiger partial charge in [-0.05, 0) is 30.9 Å². The second-order valence-corrected chi connectivity index (χ2v) is 5.10. The monoisotopic (exact) mass is 244 g/mol. The van der Waals surface area contributed by atoms with Gasteiger partial charge in [0, 0.05) is 0 Å². The summed E-state index contributed by atoms with van der Waals surface area (Å²) >= 11 is 0. The van der Waals surface area contributed by atoms with E-state index in [0.717, 1.165) is 12.2 Å². The van der Waals surface area contributed by atoms with Gasteiger partial charge in [0.15, 0.2) is 5.82 Å². The Labute approximate surface area is 108 Å². The van der Waals surface area contributed by atoms with Crippen molar-refractivity contribution in [3.8, 4) is 0 Å². The predicted molar refractivity (Wildman–Crippen MR) is 73.5 cm³/mol. The molecule has 0 spiro atoms. The molecule has 4 nitrogen and oxygen atoms in total. The molecule has 96 valence electrons. The smallest absolute Gasteiger partial charge is 0.169 e. The number of nitrogens with zero attached hydrogens (tertiary/aromatic N) is 3. The van der Waals surface area contributed by atoms with Gasteiger partial charge in [-0.2, -0.15) is 0 Å². The van der Waals surface area contributed by atoms with Crippen molar-refractivity contribution in [3.63, 3.8) is 0 Å². The first-order valence-electron chi connectivity index (χ1n) is 6.24. The van der Waals surface area contributed by atoms with Crippen LogP contribution < -0.4 is 5.73 Å². The maximum atomic E-state index is 5.87. The molecule has 1 heterocycles. The molecule has 0 saturated heterocycles. The van der Waals surface area contributed by atoms with Gasteiger partial charge in [0.1, 0.15) is 0 Å². The number of rotatable bonds is 3. The third kappa shape index (κ3) is 2.37. The maximum absolute atomic E-state index is 5.87. The first-order valence-corrected chi connectivity index (χ1v) is 6.24. The van der Waals surface area contributed by atoms with Crippen molar-refractivity contribution < 1.29 is 0 Å². The van der Waals surface area contributed by atoms with Crippen LogP contribution in [0.5, 0.6) is 0 Å². The van der Waals surface area contributed by atoms with Crippen LogP contribution in [0.1, 0.15) is 42.1 Å². The molecule has 0 amide bonds. The van der Waals surface area contributed by atoms with Crippen molar-refractivity contribution in [2.24, 2.45) is 0 Å². The number of aryl methyl sites for hydroxylation is 2. The van der Waals surface area contributed by atoms with Crippen molar-refractivity contribution in [3.05, 3.63) is 40.6 Å². The first kappa shape index (κ1) is 12.6. The maximum Gasteiger partial charge on any atom is 0.169 e. The van der Waals surface area contributed by atoms with Gasteiger partial charge in [0.25, 0.3) is 0 Å². The SMILES string of the molecule is Cc1ccc(C)c(Cn2nnc(N)c2C(C)C)c1. The molecule has 0 radical (unpaired) electrons. The Morgan fingerprint density at radius 2 is 2.00 bits per heavy atom. The van der Waals surface area contributed by atoms with Crippen LogP contribution in [0.15, 0.2) is 18.2 Å². The van der Waals surface area contributed by atoms with Crippen LogP contribution in [-0.4, -0.2) is 15.0 Å². The van der Waals surface area contributed by atoms with Crippen LogP contribution >= 0.6 is 0 Å². The highest BCUT2D eigenvalue weighted by Gasteiger charge is 2.14. The van der Waals surface area contributed by atoms with E-state index in [2.05, 4.69) is 56.2 Å². The lowest BCUT2D eigenvalue weighted by Gasteiger charge is -2.12. The topological polar surface area (TPSA) is 56.7 Å². The third-order valence-electron chi connectivity index (χ3n) is 3.17. The first-order chi connectivity index (χ1) is 8.49. The third-order valence-corrected chi connectivity index (χ3v) is 3.17. The molecule has 1 aromatic heterocycles. The van der Waals surface area contributed by atoms with Crippen molar-refractivity contribution >= 4 is 5.82 Å². The van der Waals surface area contributed by atoms with Gasteiger partial charge in [0.2, 0.25) is 0 Å². The molecule has 0 fully saturated rings. The molecule has 0 unspecified atom stereocenters. The Morgan fingerprint density at radius 1 is 1.28 bits per heavy atom. The number of hydrogen-bond acceptors (Lipinski definition) is 3. The van der Waals surface area contributed by atoms with Crippen LogP contribution in [0.2, 0.25) is 0 Å². The van der Waals surface area contributed by atoms with E-state index >= 15 is 0 Å². The molecule has 0 aliphatic rings. The summed E-state index contributed by atoms with van der Waals surface area (Å²) in [5.74, 6) is 0.862. The highest BCUT2D eigenvalue weighted by molar-refractivity contribution is 5.37. The molecular weight excluding hydrogens is 224 g/mol. The predicted octanol–water partition coefficient (Wildman–Crippen LogP) is 2.65. The van der Waals surface area contributed by atoms with Crippen LogP contribution in [0.3, 0.4) is 0 Å². The van der Waals surface area contributed by atoms with Crippen LogP contribution in [0.4, 0.5) is 5.82 Å². The lowest BCUT2D eigenvalue weighted by molar-refractivity contribution is 0.596. The standard InChI is InChI=1S/C14H20N4/c1-9(2)13-14(15)16-17-18(13)8-12-7-10(3)5-6-11(12)4/h5-7,9H,8,15H2,1-4H3. The quantitative estimate of drug-likeness (QED) is 0.903. The zero-order chi connectivity index (χ0) is 13.3. The molecule has 0 aliphatic heterocycles. The van der Waals surface area contributed by atoms with E-state index in [1.165, 1.54) is 16.7 Å². The number of nitrogen functional groups attached to an aromatic ring is 1. The minimum absolute atomic E-state index is 0.324. The Hall–Kier alpha value is -1.84. The summed E-state index contributed by atoms with van der Waals surface area (Å²) in [7, 11) is 0. The average Bonchev–Trinajstić information content (AvgIpc) is 2.65. The van der Waals surface area contributed by atoms with Crippen molar-refractivity contribution in [2.45, 2.75) is 40.2 Å². The van der Waals surface area contributed by atoms with Crippen LogP contribution in [0.25, 0.3) is 0 Å². The van der Waals surface area contributed by atoms with Crippen LogP contribution in [0, 0.1) is 13.8 Å². The molecule has 2 rings (SSSR count). The molecule has 1 aromatic carbocycles. The zero-order valence-corrected chi connectivity index (χ0v) is 11.4. The number of nitrogens with two attached hydrogens (primary N) is 1. The highest BCUT2D eigenvalue weighted by atomic mass is 15.4. The largest absolute Gasteiger partial charge is 0.381 e. The summed E-state index contributed by atoms with van der Waals surface area (Å²) in [4.78, 5) is 0. The summed E-state index contributed by atoms with van der Waals surface area (Å²) in [5.41, 5.74) is 10.7. The van der Waals surface area contributed by atoms with Crippen molar-refractivity contribution in [1.29, 1.82) is 0 Å². The van der Waals surface area contributed by atoms with E-state index in [-0.39, 0.29) is 0 Å². The summed E-state index contributed by atoms with van der Waals surface area (Å²) in [5, 5.41) is 8.12. The van der Waals surface area contributed by atoms with Crippen molar-refractivity contribution in [2.75, 3.05) is 5.73 Å². The number of aromatic nitrogens is 3. The second-order valence-electron chi connectivity index (χ2n) is 5.10. The van der Waals surface area contributed by atoms with E-state index in [1.54, 1.807) is 0 Å².